The van der Waals surface area contributed by atoms with Gasteiger partial charge >= 0.3 is 5.97 Å². The third-order valence-electron chi connectivity index (χ3n) is 7.84. The molecule has 0 bridgehead atoms. The maximum Gasteiger partial charge on any atom is 0.311 e. The highest BCUT2D eigenvalue weighted by Crippen LogP contribution is 2.21. The van der Waals surface area contributed by atoms with Gasteiger partial charge in [0.1, 0.15) is 6.15 Å². The first-order chi connectivity index (χ1) is 19.1. The SMILES string of the molecule is CCC(C)(C)C(=O)OCCC[N+](C)(C)C.c1ccc([B-](c2ccccc2)(c2ccccc2)c2ccccc2)cc1. The summed E-state index contributed by atoms with van der Waals surface area (Å²) in [5.74, 6) is -0.0774. The molecule has 4 aromatic rings. The Balaban J connectivity index is 0.000000255. The average Bonchev–Trinajstić information content (AvgIpc) is 2.98. The molecule has 40 heavy (non-hydrogen) atoms. The van der Waals surface area contributed by atoms with Crippen LogP contribution >= 0.6 is 0 Å². The van der Waals surface area contributed by atoms with Crippen molar-refractivity contribution in [2.45, 2.75) is 33.6 Å². The van der Waals surface area contributed by atoms with Gasteiger partial charge in [0.25, 0.3) is 0 Å². The number of nitrogens with zero attached hydrogens (tertiary/aromatic N) is 1. The maximum absolute atomic E-state index is 11.6. The molecule has 4 heteroatoms. The van der Waals surface area contributed by atoms with Gasteiger partial charge in [-0.25, -0.2) is 0 Å². The molecule has 0 atom stereocenters. The Kier molecular flexibility index (Phi) is 10.9. The zero-order valence-electron chi connectivity index (χ0n) is 25.2. The second kappa shape index (κ2) is 14.1. The first kappa shape index (κ1) is 30.9. The van der Waals surface area contributed by atoms with Crippen molar-refractivity contribution in [1.29, 1.82) is 0 Å². The van der Waals surface area contributed by atoms with E-state index in [1.54, 1.807) is 0 Å². The normalized spacial score (nSPS) is 11.8. The van der Waals surface area contributed by atoms with E-state index in [2.05, 4.69) is 142 Å². The lowest BCUT2D eigenvalue weighted by Gasteiger charge is -2.44. The summed E-state index contributed by atoms with van der Waals surface area (Å²) in [4.78, 5) is 11.6. The number of hydrogen-bond acceptors (Lipinski definition) is 2. The van der Waals surface area contributed by atoms with Crippen LogP contribution in [0.2, 0.25) is 0 Å². The van der Waals surface area contributed by atoms with Crippen LogP contribution in [0.1, 0.15) is 33.6 Å². The van der Waals surface area contributed by atoms with E-state index in [1.165, 1.54) is 21.9 Å². The van der Waals surface area contributed by atoms with Crippen molar-refractivity contribution in [3.63, 3.8) is 0 Å². The Morgan fingerprint density at radius 2 is 0.975 bits per heavy atom. The second-order valence-electron chi connectivity index (χ2n) is 12.2. The molecule has 0 saturated heterocycles. The van der Waals surface area contributed by atoms with Crippen molar-refractivity contribution in [2.75, 3.05) is 34.3 Å². The van der Waals surface area contributed by atoms with Crippen LogP contribution in [-0.2, 0) is 9.53 Å². The molecule has 0 aliphatic heterocycles. The van der Waals surface area contributed by atoms with E-state index in [0.29, 0.717) is 6.61 Å². The highest BCUT2D eigenvalue weighted by Gasteiger charge is 2.31. The number of quaternary nitrogens is 1. The molecule has 210 valence electrons. The molecule has 0 radical (unpaired) electrons. The van der Waals surface area contributed by atoms with Crippen molar-refractivity contribution in [1.82, 2.24) is 0 Å². The van der Waals surface area contributed by atoms with Crippen molar-refractivity contribution in [2.24, 2.45) is 5.41 Å². The van der Waals surface area contributed by atoms with Crippen LogP contribution in [-0.4, -0.2) is 50.9 Å². The minimum Gasteiger partial charge on any atom is -0.465 e. The Bertz CT molecular complexity index is 1120. The highest BCUT2D eigenvalue weighted by atomic mass is 16.5. The summed E-state index contributed by atoms with van der Waals surface area (Å²) >= 11 is 0. The molecule has 0 fully saturated rings. The first-order valence-electron chi connectivity index (χ1n) is 14.5. The summed E-state index contributed by atoms with van der Waals surface area (Å²) in [5.41, 5.74) is 5.02. The summed E-state index contributed by atoms with van der Waals surface area (Å²) in [6.07, 6.45) is 0.531. The van der Waals surface area contributed by atoms with Crippen LogP contribution in [0.25, 0.3) is 0 Å². The molecule has 0 N–H and O–H groups in total. The van der Waals surface area contributed by atoms with Crippen molar-refractivity contribution < 1.29 is 14.0 Å². The lowest BCUT2D eigenvalue weighted by Crippen LogP contribution is -2.74. The summed E-state index contributed by atoms with van der Waals surface area (Å²) in [5, 5.41) is 0. The minimum absolute atomic E-state index is 0.0774. The molecular weight excluding hydrogens is 489 g/mol. The molecule has 0 heterocycles. The molecule has 0 aliphatic carbocycles. The molecule has 0 amide bonds. The van der Waals surface area contributed by atoms with Crippen molar-refractivity contribution in [3.8, 4) is 0 Å². The molecule has 0 aromatic heterocycles. The monoisotopic (exact) mass is 535 g/mol. The van der Waals surface area contributed by atoms with Gasteiger partial charge in [0.2, 0.25) is 0 Å². The average molecular weight is 536 g/mol. The molecule has 0 spiro atoms. The number of carbonyl (C=O) groups excluding carboxylic acids is 1. The topological polar surface area (TPSA) is 26.3 Å². The molecule has 4 aromatic carbocycles. The maximum atomic E-state index is 11.6. The van der Waals surface area contributed by atoms with E-state index in [4.69, 9.17) is 4.74 Å². The van der Waals surface area contributed by atoms with Gasteiger partial charge in [0.05, 0.1) is 39.7 Å². The molecule has 0 aliphatic rings. The number of esters is 1. The minimum atomic E-state index is -1.22. The molecular formula is C36H46BNO2. The van der Waals surface area contributed by atoms with Gasteiger partial charge < -0.3 is 9.22 Å². The quantitative estimate of drug-likeness (QED) is 0.122. The van der Waals surface area contributed by atoms with Gasteiger partial charge in [0.15, 0.2) is 0 Å². The van der Waals surface area contributed by atoms with Crippen LogP contribution in [0.3, 0.4) is 0 Å². The van der Waals surface area contributed by atoms with E-state index in [1.807, 2.05) is 20.8 Å². The van der Waals surface area contributed by atoms with Crippen LogP contribution in [0.4, 0.5) is 0 Å². The van der Waals surface area contributed by atoms with Gasteiger partial charge in [-0.2, -0.15) is 21.9 Å². The van der Waals surface area contributed by atoms with E-state index >= 15 is 0 Å². The number of rotatable bonds is 10. The fourth-order valence-corrected chi connectivity index (χ4v) is 5.17. The number of hydrogen-bond donors (Lipinski definition) is 0. The third-order valence-corrected chi connectivity index (χ3v) is 7.84. The first-order valence-corrected chi connectivity index (χ1v) is 14.5. The molecule has 4 rings (SSSR count). The van der Waals surface area contributed by atoms with E-state index < -0.39 is 6.15 Å². The summed E-state index contributed by atoms with van der Waals surface area (Å²) in [7, 11) is 6.41. The van der Waals surface area contributed by atoms with Crippen LogP contribution in [0.5, 0.6) is 0 Å². The fraction of sp³-hybridized carbons (Fsp3) is 0.306. The van der Waals surface area contributed by atoms with E-state index in [0.717, 1.165) is 23.9 Å². The Labute approximate surface area is 242 Å². The smallest absolute Gasteiger partial charge is 0.311 e. The largest absolute Gasteiger partial charge is 0.465 e. The number of carbonyl (C=O) groups is 1. The molecule has 0 unspecified atom stereocenters. The number of ether oxygens (including phenoxy) is 1. The van der Waals surface area contributed by atoms with Gasteiger partial charge in [-0.3, -0.25) is 4.79 Å². The van der Waals surface area contributed by atoms with Crippen LogP contribution < -0.4 is 21.9 Å². The van der Waals surface area contributed by atoms with Gasteiger partial charge in [0, 0.05) is 6.42 Å². The molecule has 0 saturated carbocycles. The summed E-state index contributed by atoms with van der Waals surface area (Å²) < 4.78 is 6.16. The standard InChI is InChI=1S/C24H20B.C12H26NO2/c1-5-13-21(14-6-1)25(22-15-7-2-8-16-22,23-17-9-3-10-18-23)24-19-11-4-12-20-24;1-7-12(2,3)11(14)15-10-8-9-13(4,5)6/h1-20H;7-10H2,1-6H3/q-1;+1. The Morgan fingerprint density at radius 1 is 0.650 bits per heavy atom. The van der Waals surface area contributed by atoms with Crippen LogP contribution in [0.15, 0.2) is 121 Å². The third kappa shape index (κ3) is 7.96. The van der Waals surface area contributed by atoms with Crippen molar-refractivity contribution >= 4 is 34.0 Å². The zero-order valence-corrected chi connectivity index (χ0v) is 25.2. The highest BCUT2D eigenvalue weighted by molar-refractivity contribution is 7.19. The lowest BCUT2D eigenvalue weighted by atomic mass is 9.13. The predicted molar refractivity (Wildman–Crippen MR) is 173 cm³/mol. The van der Waals surface area contributed by atoms with Crippen molar-refractivity contribution in [3.05, 3.63) is 121 Å². The lowest BCUT2D eigenvalue weighted by molar-refractivity contribution is -0.870. The van der Waals surface area contributed by atoms with Gasteiger partial charge in [-0.1, -0.05) is 128 Å². The van der Waals surface area contributed by atoms with Gasteiger partial charge in [-0.15, -0.1) is 0 Å². The number of benzene rings is 4. The van der Waals surface area contributed by atoms with Crippen LogP contribution in [0, 0.1) is 5.41 Å². The van der Waals surface area contributed by atoms with E-state index in [-0.39, 0.29) is 11.4 Å². The molecule has 3 nitrogen and oxygen atoms in total. The zero-order chi connectivity index (χ0) is 29.1. The Hall–Kier alpha value is -3.63. The predicted octanol–water partition coefficient (Wildman–Crippen LogP) is 5.13. The fourth-order valence-electron chi connectivity index (χ4n) is 5.17. The van der Waals surface area contributed by atoms with Gasteiger partial charge in [-0.05, 0) is 20.3 Å². The Morgan fingerprint density at radius 3 is 1.25 bits per heavy atom. The summed E-state index contributed by atoms with van der Waals surface area (Å²) in [6.45, 7) is 7.43. The van der Waals surface area contributed by atoms with E-state index in [9.17, 15) is 4.79 Å². The summed E-state index contributed by atoms with van der Waals surface area (Å²) in [6, 6.07) is 43.5. The second-order valence-corrected chi connectivity index (χ2v) is 12.2.